The van der Waals surface area contributed by atoms with Gasteiger partial charge < -0.3 is 0 Å². The molecule has 0 atom stereocenters. The Morgan fingerprint density at radius 2 is 0.977 bits per heavy atom. The van der Waals surface area contributed by atoms with Crippen molar-refractivity contribution in [2.45, 2.75) is 25.9 Å². The first-order valence-corrected chi connectivity index (χ1v) is 13.2. The van der Waals surface area contributed by atoms with Crippen LogP contribution in [-0.2, 0) is 25.9 Å². The minimum Gasteiger partial charge on any atom is -0.296 e. The van der Waals surface area contributed by atoms with Crippen LogP contribution >= 0.6 is 0 Å². The molecule has 2 aromatic heterocycles. The van der Waals surface area contributed by atoms with Crippen molar-refractivity contribution in [3.05, 3.63) is 176 Å². The molecule has 8 nitrogen and oxygen atoms in total. The lowest BCUT2D eigenvalue weighted by Gasteiger charge is -2.05. The Hall–Kier alpha value is -5.45. The van der Waals surface area contributed by atoms with E-state index in [2.05, 4.69) is 14.8 Å². The monoisotopic (exact) mass is 586 g/mol. The summed E-state index contributed by atoms with van der Waals surface area (Å²) in [7, 11) is 0. The van der Waals surface area contributed by atoms with Crippen LogP contribution in [0.15, 0.2) is 122 Å². The van der Waals surface area contributed by atoms with Crippen molar-refractivity contribution in [3.63, 3.8) is 0 Å². The highest BCUT2D eigenvalue weighted by molar-refractivity contribution is 5.22. The third-order valence-corrected chi connectivity index (χ3v) is 6.49. The van der Waals surface area contributed by atoms with Gasteiger partial charge >= 0.3 is 11.5 Å². The highest BCUT2D eigenvalue weighted by Crippen LogP contribution is 2.12. The molecule has 2 heterocycles. The summed E-state index contributed by atoms with van der Waals surface area (Å²) < 4.78 is 51.3. The van der Waals surface area contributed by atoms with E-state index in [4.69, 9.17) is 4.52 Å². The average molecular weight is 587 g/mol. The third kappa shape index (κ3) is 7.85. The number of rotatable bonds is 8. The van der Waals surface area contributed by atoms with E-state index in [0.29, 0.717) is 30.2 Å². The molecule has 4 aromatic carbocycles. The Balaban J connectivity index is 0.000000171. The van der Waals surface area contributed by atoms with Crippen molar-refractivity contribution < 1.29 is 22.2 Å². The van der Waals surface area contributed by atoms with Gasteiger partial charge in [-0.2, -0.15) is 0 Å². The molecule has 0 aliphatic carbocycles. The van der Waals surface area contributed by atoms with E-state index in [0.717, 1.165) is 16.7 Å². The molecule has 0 spiro atoms. The number of aromatic nitrogens is 4. The van der Waals surface area contributed by atoms with Crippen molar-refractivity contribution in [1.29, 1.82) is 0 Å². The van der Waals surface area contributed by atoms with Gasteiger partial charge in [-0.15, -0.1) is 0 Å². The highest BCUT2D eigenvalue weighted by atomic mass is 19.1. The summed E-state index contributed by atoms with van der Waals surface area (Å²) >= 11 is 0. The fourth-order valence-corrected chi connectivity index (χ4v) is 4.31. The molecule has 6 aromatic rings. The molecule has 0 amide bonds. The summed E-state index contributed by atoms with van der Waals surface area (Å²) in [4.78, 5) is 23.5. The summed E-state index contributed by atoms with van der Waals surface area (Å²) in [6.07, 6.45) is 0.776. The van der Waals surface area contributed by atoms with E-state index in [1.54, 1.807) is 36.4 Å². The van der Waals surface area contributed by atoms with E-state index >= 15 is 0 Å². The van der Waals surface area contributed by atoms with Crippen molar-refractivity contribution >= 4 is 0 Å². The van der Waals surface area contributed by atoms with Gasteiger partial charge in [-0.25, -0.2) is 22.8 Å². The summed E-state index contributed by atoms with van der Waals surface area (Å²) in [5.74, 6) is -1.17. The van der Waals surface area contributed by atoms with E-state index in [9.17, 15) is 22.8 Å². The Kier molecular flexibility index (Phi) is 9.11. The molecule has 0 saturated heterocycles. The SMILES string of the molecule is O=c1onc(Cc2cccc(F)c2)n1Cc1ccc(F)cc1.O=c1onc(Cc2ccccc2)n1Cc1ccc(F)cc1. The lowest BCUT2D eigenvalue weighted by molar-refractivity contribution is 0.375. The molecule has 6 rings (SSSR count). The van der Waals surface area contributed by atoms with Crippen LogP contribution in [0.1, 0.15) is 33.9 Å². The summed E-state index contributed by atoms with van der Waals surface area (Å²) in [5, 5.41) is 7.56. The first-order chi connectivity index (χ1) is 20.8. The summed E-state index contributed by atoms with van der Waals surface area (Å²) in [6, 6.07) is 27.6. The minimum atomic E-state index is -0.601. The lowest BCUT2D eigenvalue weighted by atomic mass is 10.1. The fourth-order valence-electron chi connectivity index (χ4n) is 4.31. The zero-order chi connectivity index (χ0) is 30.2. The van der Waals surface area contributed by atoms with Crippen molar-refractivity contribution in [1.82, 2.24) is 19.4 Å². The largest absolute Gasteiger partial charge is 0.441 e. The van der Waals surface area contributed by atoms with Gasteiger partial charge in [0, 0.05) is 12.8 Å². The molecule has 0 aliphatic rings. The number of nitrogens with zero attached hydrogens (tertiary/aromatic N) is 4. The second-order valence-electron chi connectivity index (χ2n) is 9.62. The van der Waals surface area contributed by atoms with Crippen LogP contribution in [0.5, 0.6) is 0 Å². The van der Waals surface area contributed by atoms with Gasteiger partial charge in [0.1, 0.15) is 17.5 Å². The van der Waals surface area contributed by atoms with Gasteiger partial charge in [0.05, 0.1) is 13.1 Å². The normalized spacial score (nSPS) is 10.8. The maximum Gasteiger partial charge on any atom is 0.441 e. The Morgan fingerprint density at radius 3 is 1.47 bits per heavy atom. The third-order valence-electron chi connectivity index (χ3n) is 6.49. The summed E-state index contributed by atoms with van der Waals surface area (Å²) in [6.45, 7) is 0.526. The van der Waals surface area contributed by atoms with Gasteiger partial charge in [0.15, 0.2) is 11.6 Å². The average Bonchev–Trinajstić information content (AvgIpc) is 3.52. The topological polar surface area (TPSA) is 96.1 Å². The van der Waals surface area contributed by atoms with Crippen LogP contribution in [0.25, 0.3) is 0 Å². The molecule has 0 saturated carbocycles. The van der Waals surface area contributed by atoms with E-state index in [-0.39, 0.29) is 30.4 Å². The van der Waals surface area contributed by atoms with Gasteiger partial charge in [0.2, 0.25) is 0 Å². The van der Waals surface area contributed by atoms with Gasteiger partial charge in [-0.3, -0.25) is 18.2 Å². The quantitative estimate of drug-likeness (QED) is 0.238. The Morgan fingerprint density at radius 1 is 0.512 bits per heavy atom. The maximum absolute atomic E-state index is 13.2. The fraction of sp³-hybridized carbons (Fsp3) is 0.125. The van der Waals surface area contributed by atoms with E-state index in [1.165, 1.54) is 45.5 Å². The standard InChI is InChI=1S/C16H12F2N2O2.C16H13FN2O2/c17-13-6-4-11(5-7-13)10-20-15(19-22-16(20)21)9-12-2-1-3-14(18)8-12;17-14-8-6-13(7-9-14)11-19-15(18-21-16(19)20)10-12-4-2-1-3-5-12/h1-8H,9-10H2;1-9H,10-11H2. The number of hydrogen-bond donors (Lipinski definition) is 0. The number of hydrogen-bond acceptors (Lipinski definition) is 6. The molecule has 0 bridgehead atoms. The molecule has 11 heteroatoms. The van der Waals surface area contributed by atoms with Crippen LogP contribution in [0.3, 0.4) is 0 Å². The minimum absolute atomic E-state index is 0.216. The van der Waals surface area contributed by atoms with E-state index in [1.807, 2.05) is 30.3 Å². The molecule has 0 unspecified atom stereocenters. The van der Waals surface area contributed by atoms with Gasteiger partial charge in [-0.05, 0) is 58.7 Å². The van der Waals surface area contributed by atoms with Gasteiger partial charge in [0.25, 0.3) is 0 Å². The molecule has 0 fully saturated rings. The molecule has 0 radical (unpaired) electrons. The van der Waals surface area contributed by atoms with Crippen LogP contribution in [0, 0.1) is 17.5 Å². The number of halogens is 3. The van der Waals surface area contributed by atoms with Crippen molar-refractivity contribution in [3.8, 4) is 0 Å². The molecular weight excluding hydrogens is 561 g/mol. The Labute approximate surface area is 243 Å². The first-order valence-electron chi connectivity index (χ1n) is 13.2. The van der Waals surface area contributed by atoms with Crippen LogP contribution in [0.4, 0.5) is 13.2 Å². The zero-order valence-electron chi connectivity index (χ0n) is 22.7. The predicted molar refractivity (Wildman–Crippen MR) is 151 cm³/mol. The highest BCUT2D eigenvalue weighted by Gasteiger charge is 2.13. The van der Waals surface area contributed by atoms with Crippen molar-refractivity contribution in [2.24, 2.45) is 0 Å². The molecule has 0 N–H and O–H groups in total. The zero-order valence-corrected chi connectivity index (χ0v) is 22.7. The molecule has 218 valence electrons. The molecule has 0 aliphatic heterocycles. The Bertz CT molecular complexity index is 1890. The number of benzene rings is 4. The van der Waals surface area contributed by atoms with Gasteiger partial charge in [-0.1, -0.05) is 77.0 Å². The smallest absolute Gasteiger partial charge is 0.296 e. The second kappa shape index (κ2) is 13.5. The van der Waals surface area contributed by atoms with Crippen molar-refractivity contribution in [2.75, 3.05) is 0 Å². The van der Waals surface area contributed by atoms with Crippen LogP contribution in [0.2, 0.25) is 0 Å². The van der Waals surface area contributed by atoms with Crippen LogP contribution in [-0.4, -0.2) is 19.4 Å². The lowest BCUT2D eigenvalue weighted by Crippen LogP contribution is -2.18. The first kappa shape index (κ1) is 29.1. The second-order valence-corrected chi connectivity index (χ2v) is 9.62. The maximum atomic E-state index is 13.2. The molecular formula is C32H25F3N4O4. The predicted octanol–water partition coefficient (Wildman–Crippen LogP) is 5.37. The van der Waals surface area contributed by atoms with E-state index < -0.39 is 11.5 Å². The summed E-state index contributed by atoms with van der Waals surface area (Å²) in [5.41, 5.74) is 3.28. The van der Waals surface area contributed by atoms with Crippen LogP contribution < -0.4 is 11.5 Å². The molecule has 43 heavy (non-hydrogen) atoms.